The van der Waals surface area contributed by atoms with Crippen molar-refractivity contribution in [2.75, 3.05) is 46.9 Å². The summed E-state index contributed by atoms with van der Waals surface area (Å²) < 4.78 is 16.8. The van der Waals surface area contributed by atoms with Crippen molar-refractivity contribution in [3.8, 4) is 11.5 Å². The summed E-state index contributed by atoms with van der Waals surface area (Å²) >= 11 is 0. The van der Waals surface area contributed by atoms with Crippen LogP contribution in [-0.4, -0.2) is 63.4 Å². The fourth-order valence-electron chi connectivity index (χ4n) is 8.54. The van der Waals surface area contributed by atoms with Gasteiger partial charge in [-0.15, -0.1) is 0 Å². The SMILES string of the molecule is COc1ccc(C(NCCCCN(CCCNC(c2ccccc2)(c2ccccc2)c2ccc(OC)cc2)CCCC(=O)OC(C)(C)C)(c2ccccc2)c2ccccc2)cc1. The molecule has 0 amide bonds. The van der Waals surface area contributed by atoms with E-state index in [9.17, 15) is 4.79 Å². The predicted molar refractivity (Wildman–Crippen MR) is 253 cm³/mol. The molecule has 0 radical (unpaired) electrons. The van der Waals surface area contributed by atoms with Crippen LogP contribution in [0.1, 0.15) is 86.3 Å². The molecule has 0 saturated carbocycles. The number of rotatable bonds is 23. The first-order chi connectivity index (χ1) is 30.2. The Balaban J connectivity index is 1.18. The van der Waals surface area contributed by atoms with Gasteiger partial charge in [0.1, 0.15) is 17.1 Å². The zero-order valence-corrected chi connectivity index (χ0v) is 37.3. The molecule has 6 aromatic rings. The summed E-state index contributed by atoms with van der Waals surface area (Å²) in [6, 6.07) is 59.7. The number of nitrogens with one attached hydrogen (secondary N) is 2. The lowest BCUT2D eigenvalue weighted by atomic mass is 9.77. The van der Waals surface area contributed by atoms with Gasteiger partial charge in [-0.25, -0.2) is 0 Å². The summed E-state index contributed by atoms with van der Waals surface area (Å²) in [6.45, 7) is 9.98. The normalized spacial score (nSPS) is 12.0. The van der Waals surface area contributed by atoms with E-state index in [1.807, 2.05) is 45.0 Å². The van der Waals surface area contributed by atoms with Gasteiger partial charge in [-0.2, -0.15) is 0 Å². The van der Waals surface area contributed by atoms with Crippen LogP contribution in [0.15, 0.2) is 170 Å². The van der Waals surface area contributed by atoms with Gasteiger partial charge in [0, 0.05) is 6.42 Å². The molecule has 0 spiro atoms. The highest BCUT2D eigenvalue weighted by atomic mass is 16.6. The number of esters is 1. The fraction of sp³-hybridized carbons (Fsp3) is 0.327. The Morgan fingerprint density at radius 3 is 1.16 bits per heavy atom. The van der Waals surface area contributed by atoms with Crippen molar-refractivity contribution in [2.45, 2.75) is 69.6 Å². The molecular formula is C55H65N3O4. The third-order valence-corrected chi connectivity index (χ3v) is 11.5. The number of nitrogens with zero attached hydrogens (tertiary/aromatic N) is 1. The molecule has 0 heterocycles. The second-order valence-electron chi connectivity index (χ2n) is 16.9. The Morgan fingerprint density at radius 2 is 0.790 bits per heavy atom. The molecular weight excluding hydrogens is 767 g/mol. The van der Waals surface area contributed by atoms with Crippen LogP contribution >= 0.6 is 0 Å². The lowest BCUT2D eigenvalue weighted by Gasteiger charge is -2.37. The average Bonchev–Trinajstić information content (AvgIpc) is 3.31. The highest BCUT2D eigenvalue weighted by molar-refractivity contribution is 5.69. The minimum Gasteiger partial charge on any atom is -0.497 e. The molecule has 0 aromatic heterocycles. The van der Waals surface area contributed by atoms with Gasteiger partial charge in [0.25, 0.3) is 0 Å². The van der Waals surface area contributed by atoms with E-state index < -0.39 is 16.7 Å². The standard InChI is InChI=1S/C55H65N3O4/c1-53(2,3)62-52(59)30-20-42-58(43-21-40-57-55(46-26-14-8-15-27-46,47-28-16-9-17-29-47)49-33-37-51(61-5)38-34-49)41-19-18-39-56-54(44-22-10-6-11-23-44,45-24-12-7-13-25-45)48-31-35-50(60-4)36-32-48/h6-17,22-29,31-38,56-57H,18-21,30,39-43H2,1-5H3. The van der Waals surface area contributed by atoms with Crippen molar-refractivity contribution < 1.29 is 19.0 Å². The quantitative estimate of drug-likeness (QED) is 0.0378. The van der Waals surface area contributed by atoms with Crippen LogP contribution < -0.4 is 20.1 Å². The Hall–Kier alpha value is -5.73. The number of ether oxygens (including phenoxy) is 3. The first-order valence-electron chi connectivity index (χ1n) is 22.1. The van der Waals surface area contributed by atoms with E-state index in [-0.39, 0.29) is 5.97 Å². The number of carbonyl (C=O) groups is 1. The molecule has 7 heteroatoms. The number of hydrogen-bond donors (Lipinski definition) is 2. The Bertz CT molecular complexity index is 2110. The van der Waals surface area contributed by atoms with Crippen LogP contribution in [0.25, 0.3) is 0 Å². The first kappa shape index (κ1) is 45.8. The van der Waals surface area contributed by atoms with E-state index >= 15 is 0 Å². The van der Waals surface area contributed by atoms with E-state index in [1.165, 1.54) is 22.3 Å². The smallest absolute Gasteiger partial charge is 0.306 e. The lowest BCUT2D eigenvalue weighted by molar-refractivity contribution is -0.155. The van der Waals surface area contributed by atoms with Gasteiger partial charge in [0.2, 0.25) is 0 Å². The summed E-state index contributed by atoms with van der Waals surface area (Å²) in [4.78, 5) is 15.3. The molecule has 0 unspecified atom stereocenters. The molecule has 0 atom stereocenters. The number of unbranched alkanes of at least 4 members (excludes halogenated alkanes) is 1. The van der Waals surface area contributed by atoms with Crippen molar-refractivity contribution in [2.24, 2.45) is 0 Å². The lowest BCUT2D eigenvalue weighted by Crippen LogP contribution is -2.46. The fourth-order valence-corrected chi connectivity index (χ4v) is 8.54. The monoisotopic (exact) mass is 831 g/mol. The van der Waals surface area contributed by atoms with Gasteiger partial charge >= 0.3 is 5.97 Å². The van der Waals surface area contributed by atoms with E-state index in [1.54, 1.807) is 14.2 Å². The summed E-state index contributed by atoms with van der Waals surface area (Å²) in [6.07, 6.45) is 4.03. The van der Waals surface area contributed by atoms with Gasteiger partial charge in [-0.3, -0.25) is 15.4 Å². The van der Waals surface area contributed by atoms with Crippen LogP contribution in [0.2, 0.25) is 0 Å². The maximum absolute atomic E-state index is 12.8. The second kappa shape index (κ2) is 22.4. The van der Waals surface area contributed by atoms with Gasteiger partial charge < -0.3 is 19.1 Å². The van der Waals surface area contributed by atoms with Crippen LogP contribution in [0, 0.1) is 0 Å². The minimum absolute atomic E-state index is 0.144. The number of carbonyl (C=O) groups excluding carboxylic acids is 1. The van der Waals surface area contributed by atoms with Gasteiger partial charge in [0.05, 0.1) is 25.3 Å². The molecule has 324 valence electrons. The number of hydrogen-bond acceptors (Lipinski definition) is 7. The van der Waals surface area contributed by atoms with Gasteiger partial charge in [-0.05, 0) is 137 Å². The molecule has 62 heavy (non-hydrogen) atoms. The maximum Gasteiger partial charge on any atom is 0.306 e. The van der Waals surface area contributed by atoms with Crippen molar-refractivity contribution in [1.29, 1.82) is 0 Å². The van der Waals surface area contributed by atoms with E-state index in [4.69, 9.17) is 14.2 Å². The molecule has 0 bridgehead atoms. The van der Waals surface area contributed by atoms with Crippen molar-refractivity contribution in [1.82, 2.24) is 15.5 Å². The van der Waals surface area contributed by atoms with Crippen LogP contribution in [-0.2, 0) is 20.6 Å². The average molecular weight is 832 g/mol. The largest absolute Gasteiger partial charge is 0.497 e. The molecule has 0 aliphatic rings. The molecule has 6 rings (SSSR count). The topological polar surface area (TPSA) is 72.1 Å². The summed E-state index contributed by atoms with van der Waals surface area (Å²) in [5, 5.41) is 8.12. The summed E-state index contributed by atoms with van der Waals surface area (Å²) in [7, 11) is 3.41. The van der Waals surface area contributed by atoms with Crippen LogP contribution in [0.3, 0.4) is 0 Å². The Morgan fingerprint density at radius 1 is 0.452 bits per heavy atom. The van der Waals surface area contributed by atoms with E-state index in [2.05, 4.69) is 161 Å². The first-order valence-corrected chi connectivity index (χ1v) is 22.1. The van der Waals surface area contributed by atoms with Crippen LogP contribution in [0.5, 0.6) is 11.5 Å². The summed E-state index contributed by atoms with van der Waals surface area (Å²) in [5.41, 5.74) is 5.40. The molecule has 0 aliphatic carbocycles. The zero-order valence-electron chi connectivity index (χ0n) is 37.3. The number of benzene rings is 6. The highest BCUT2D eigenvalue weighted by Crippen LogP contribution is 2.39. The van der Waals surface area contributed by atoms with Crippen LogP contribution in [0.4, 0.5) is 0 Å². The highest BCUT2D eigenvalue weighted by Gasteiger charge is 2.37. The second-order valence-corrected chi connectivity index (χ2v) is 16.9. The summed E-state index contributed by atoms with van der Waals surface area (Å²) in [5.74, 6) is 1.51. The Labute approximate surface area is 370 Å². The van der Waals surface area contributed by atoms with Crippen molar-refractivity contribution in [3.63, 3.8) is 0 Å². The molecule has 0 fully saturated rings. The Kier molecular flexibility index (Phi) is 16.5. The molecule has 2 N–H and O–H groups in total. The van der Waals surface area contributed by atoms with E-state index in [0.717, 1.165) is 81.0 Å². The number of methoxy groups -OCH3 is 2. The van der Waals surface area contributed by atoms with E-state index in [0.29, 0.717) is 6.42 Å². The van der Waals surface area contributed by atoms with Gasteiger partial charge in [0.15, 0.2) is 0 Å². The molecule has 7 nitrogen and oxygen atoms in total. The van der Waals surface area contributed by atoms with Crippen molar-refractivity contribution in [3.05, 3.63) is 203 Å². The molecule has 6 aromatic carbocycles. The zero-order chi connectivity index (χ0) is 43.7. The molecule has 0 saturated heterocycles. The minimum atomic E-state index is -0.574. The van der Waals surface area contributed by atoms with Gasteiger partial charge in [-0.1, -0.05) is 146 Å². The third kappa shape index (κ3) is 11.8. The third-order valence-electron chi connectivity index (χ3n) is 11.5. The van der Waals surface area contributed by atoms with Crippen molar-refractivity contribution >= 4 is 5.97 Å². The molecule has 0 aliphatic heterocycles. The maximum atomic E-state index is 12.8. The predicted octanol–water partition coefficient (Wildman–Crippen LogP) is 10.8.